The highest BCUT2D eigenvalue weighted by Crippen LogP contribution is 2.07. The summed E-state index contributed by atoms with van der Waals surface area (Å²) in [6.07, 6.45) is 2.16. The van der Waals surface area contributed by atoms with E-state index in [-0.39, 0.29) is 0 Å². The van der Waals surface area contributed by atoms with Gasteiger partial charge in [0.1, 0.15) is 0 Å². The topological polar surface area (TPSA) is 36.4 Å². The Morgan fingerprint density at radius 3 is 2.94 bits per heavy atom. The molecule has 0 aliphatic rings. The number of hydrogen-bond acceptors (Lipinski definition) is 2. The number of guanidine groups is 1. The van der Waals surface area contributed by atoms with Gasteiger partial charge in [0.05, 0.1) is 0 Å². The molecule has 0 amide bonds. The molecule has 0 fully saturated rings. The summed E-state index contributed by atoms with van der Waals surface area (Å²) in [5, 5.41) is 8.77. The Morgan fingerprint density at radius 2 is 2.38 bits per heavy atom. The van der Waals surface area contributed by atoms with Crippen LogP contribution in [0.4, 0.5) is 0 Å². The fourth-order valence-electron chi connectivity index (χ4n) is 1.29. The molecule has 4 heteroatoms. The number of nitrogens with zero attached hydrogens (tertiary/aromatic N) is 1. The normalized spacial score (nSPS) is 13.6. The quantitative estimate of drug-likeness (QED) is 0.611. The molecule has 1 aromatic rings. The number of hydrogen-bond donors (Lipinski definition) is 2. The van der Waals surface area contributed by atoms with Crippen LogP contribution in [0.25, 0.3) is 0 Å². The summed E-state index contributed by atoms with van der Waals surface area (Å²) in [5.74, 6) is 0.894. The van der Waals surface area contributed by atoms with Crippen molar-refractivity contribution >= 4 is 17.3 Å². The molecule has 1 rings (SSSR count). The Bertz CT molecular complexity index is 306. The maximum atomic E-state index is 4.19. The van der Waals surface area contributed by atoms with Crippen molar-refractivity contribution in [2.45, 2.75) is 32.7 Å². The molecule has 0 spiro atoms. The lowest BCUT2D eigenvalue weighted by Crippen LogP contribution is -2.42. The summed E-state index contributed by atoms with van der Waals surface area (Å²) in [6, 6.07) is 4.72. The zero-order valence-corrected chi connectivity index (χ0v) is 11.1. The fraction of sp³-hybridized carbons (Fsp3) is 0.583. The van der Waals surface area contributed by atoms with E-state index in [0.29, 0.717) is 6.04 Å². The van der Waals surface area contributed by atoms with E-state index in [1.807, 2.05) is 7.05 Å². The van der Waals surface area contributed by atoms with Crippen LogP contribution < -0.4 is 10.6 Å². The van der Waals surface area contributed by atoms with Crippen LogP contribution in [-0.2, 0) is 6.42 Å². The lowest BCUT2D eigenvalue weighted by atomic mass is 10.3. The van der Waals surface area contributed by atoms with E-state index in [4.69, 9.17) is 0 Å². The van der Waals surface area contributed by atoms with Crippen LogP contribution in [0.3, 0.4) is 0 Å². The molecule has 0 saturated carbocycles. The molecule has 1 atom stereocenters. The minimum absolute atomic E-state index is 0.466. The Kier molecular flexibility index (Phi) is 5.93. The van der Waals surface area contributed by atoms with Crippen LogP contribution in [0.5, 0.6) is 0 Å². The number of rotatable bonds is 5. The Labute approximate surface area is 102 Å². The minimum atomic E-state index is 0.466. The van der Waals surface area contributed by atoms with Crippen molar-refractivity contribution in [2.24, 2.45) is 4.99 Å². The lowest BCUT2D eigenvalue weighted by molar-refractivity contribution is 0.624. The predicted octanol–water partition coefficient (Wildman–Crippen LogP) is 2.25. The largest absolute Gasteiger partial charge is 0.356 e. The molecule has 1 aromatic heterocycles. The molecule has 0 saturated heterocycles. The van der Waals surface area contributed by atoms with E-state index in [1.165, 1.54) is 4.88 Å². The molecule has 2 N–H and O–H groups in total. The van der Waals surface area contributed by atoms with Crippen LogP contribution >= 0.6 is 11.3 Å². The summed E-state index contributed by atoms with van der Waals surface area (Å²) < 4.78 is 0. The van der Waals surface area contributed by atoms with Crippen molar-refractivity contribution in [1.82, 2.24) is 10.6 Å². The van der Waals surface area contributed by atoms with Crippen LogP contribution in [0.1, 0.15) is 25.1 Å². The molecule has 3 nitrogen and oxygen atoms in total. The summed E-state index contributed by atoms with van der Waals surface area (Å²) in [7, 11) is 1.81. The van der Waals surface area contributed by atoms with Gasteiger partial charge in [0, 0.05) is 24.5 Å². The second-order valence-electron chi connectivity index (χ2n) is 3.78. The van der Waals surface area contributed by atoms with Gasteiger partial charge in [-0.05, 0) is 31.2 Å². The molecular weight excluding hydrogens is 218 g/mol. The standard InChI is InChI=1S/C12H21N3S/c1-4-10(2)15-12(13-3)14-8-7-11-6-5-9-16-11/h5-6,9-10H,4,7-8H2,1-3H3,(H2,13,14,15). The highest BCUT2D eigenvalue weighted by Gasteiger charge is 2.02. The Balaban J connectivity index is 2.24. The molecule has 0 aliphatic heterocycles. The van der Waals surface area contributed by atoms with Gasteiger partial charge in [-0.25, -0.2) is 0 Å². The van der Waals surface area contributed by atoms with Gasteiger partial charge >= 0.3 is 0 Å². The zero-order valence-electron chi connectivity index (χ0n) is 10.3. The average Bonchev–Trinajstić information content (AvgIpc) is 2.80. The van der Waals surface area contributed by atoms with E-state index in [1.54, 1.807) is 11.3 Å². The first-order chi connectivity index (χ1) is 7.76. The zero-order chi connectivity index (χ0) is 11.8. The van der Waals surface area contributed by atoms with Crippen molar-refractivity contribution in [3.8, 4) is 0 Å². The maximum Gasteiger partial charge on any atom is 0.191 e. The van der Waals surface area contributed by atoms with Crippen molar-refractivity contribution in [1.29, 1.82) is 0 Å². The Morgan fingerprint density at radius 1 is 1.56 bits per heavy atom. The number of aliphatic imine (C=N–C) groups is 1. The monoisotopic (exact) mass is 239 g/mol. The molecule has 1 unspecified atom stereocenters. The highest BCUT2D eigenvalue weighted by molar-refractivity contribution is 7.09. The molecule has 0 aromatic carbocycles. The van der Waals surface area contributed by atoms with Crippen LogP contribution in [0.15, 0.2) is 22.5 Å². The van der Waals surface area contributed by atoms with Crippen molar-refractivity contribution in [2.75, 3.05) is 13.6 Å². The molecule has 0 aliphatic carbocycles. The summed E-state index contributed by atoms with van der Waals surface area (Å²) in [5.41, 5.74) is 0. The molecule has 0 radical (unpaired) electrons. The second kappa shape index (κ2) is 7.28. The average molecular weight is 239 g/mol. The maximum absolute atomic E-state index is 4.19. The third-order valence-corrected chi connectivity index (χ3v) is 3.40. The highest BCUT2D eigenvalue weighted by atomic mass is 32.1. The molecular formula is C12H21N3S. The van der Waals surface area contributed by atoms with Crippen LogP contribution in [0, 0.1) is 0 Å². The van der Waals surface area contributed by atoms with Gasteiger partial charge in [0.25, 0.3) is 0 Å². The Hall–Kier alpha value is -1.03. The van der Waals surface area contributed by atoms with Crippen molar-refractivity contribution in [3.05, 3.63) is 22.4 Å². The fourth-order valence-corrected chi connectivity index (χ4v) is 2.00. The SMILES string of the molecule is CCC(C)NC(=NC)NCCc1cccs1. The molecule has 0 bridgehead atoms. The van der Waals surface area contributed by atoms with E-state index in [2.05, 4.69) is 47.0 Å². The van der Waals surface area contributed by atoms with E-state index in [0.717, 1.165) is 25.3 Å². The van der Waals surface area contributed by atoms with E-state index < -0.39 is 0 Å². The second-order valence-corrected chi connectivity index (χ2v) is 4.81. The van der Waals surface area contributed by atoms with Gasteiger partial charge in [0.2, 0.25) is 0 Å². The van der Waals surface area contributed by atoms with Gasteiger partial charge in [-0.15, -0.1) is 11.3 Å². The van der Waals surface area contributed by atoms with E-state index >= 15 is 0 Å². The molecule has 90 valence electrons. The van der Waals surface area contributed by atoms with Gasteiger partial charge in [-0.2, -0.15) is 0 Å². The first-order valence-corrected chi connectivity index (χ1v) is 6.63. The summed E-state index contributed by atoms with van der Waals surface area (Å²) in [4.78, 5) is 5.60. The number of nitrogens with one attached hydrogen (secondary N) is 2. The third-order valence-electron chi connectivity index (χ3n) is 2.46. The van der Waals surface area contributed by atoms with Crippen molar-refractivity contribution < 1.29 is 0 Å². The predicted molar refractivity (Wildman–Crippen MR) is 72.3 cm³/mol. The van der Waals surface area contributed by atoms with Gasteiger partial charge < -0.3 is 10.6 Å². The van der Waals surface area contributed by atoms with Gasteiger partial charge in [-0.3, -0.25) is 4.99 Å². The van der Waals surface area contributed by atoms with Crippen LogP contribution in [-0.4, -0.2) is 25.6 Å². The number of thiophene rings is 1. The third kappa shape index (κ3) is 4.66. The lowest BCUT2D eigenvalue weighted by Gasteiger charge is -2.16. The van der Waals surface area contributed by atoms with Crippen molar-refractivity contribution in [3.63, 3.8) is 0 Å². The first-order valence-electron chi connectivity index (χ1n) is 5.75. The van der Waals surface area contributed by atoms with E-state index in [9.17, 15) is 0 Å². The van der Waals surface area contributed by atoms with Crippen LogP contribution in [0.2, 0.25) is 0 Å². The van der Waals surface area contributed by atoms with Gasteiger partial charge in [0.15, 0.2) is 5.96 Å². The minimum Gasteiger partial charge on any atom is -0.356 e. The smallest absolute Gasteiger partial charge is 0.191 e. The first kappa shape index (κ1) is 13.0. The summed E-state index contributed by atoms with van der Waals surface area (Å²) in [6.45, 7) is 5.25. The summed E-state index contributed by atoms with van der Waals surface area (Å²) >= 11 is 1.80. The molecule has 16 heavy (non-hydrogen) atoms. The molecule has 1 heterocycles. The van der Waals surface area contributed by atoms with Gasteiger partial charge in [-0.1, -0.05) is 13.0 Å².